The van der Waals surface area contributed by atoms with Gasteiger partial charge in [0.2, 0.25) is 0 Å². The molecule has 1 heterocycles. The maximum absolute atomic E-state index is 10.9. The number of hydrogen-bond donors (Lipinski definition) is 1. The van der Waals surface area contributed by atoms with Crippen LogP contribution in [0.4, 0.5) is 0 Å². The molecule has 0 aliphatic heterocycles. The number of primary amides is 1. The molecule has 0 aliphatic carbocycles. The van der Waals surface area contributed by atoms with E-state index in [9.17, 15) is 4.79 Å². The Labute approximate surface area is 87.4 Å². The lowest BCUT2D eigenvalue weighted by Crippen LogP contribution is -2.11. The molecule has 0 spiro atoms. The van der Waals surface area contributed by atoms with Gasteiger partial charge in [0, 0.05) is 11.9 Å². The molecule has 0 fully saturated rings. The highest BCUT2D eigenvalue weighted by molar-refractivity contribution is 5.90. The number of aromatic nitrogens is 2. The molecule has 0 saturated carbocycles. The third-order valence-corrected chi connectivity index (χ3v) is 2.13. The van der Waals surface area contributed by atoms with Crippen LogP contribution in [0.2, 0.25) is 0 Å². The number of rotatable bonds is 2. The number of carbonyl (C=O) groups excluding carboxylic acids is 1. The molecule has 2 aromatic rings. The van der Waals surface area contributed by atoms with Gasteiger partial charge in [-0.15, -0.1) is 0 Å². The van der Waals surface area contributed by atoms with E-state index in [0.717, 1.165) is 11.3 Å². The van der Waals surface area contributed by atoms with Gasteiger partial charge in [0.1, 0.15) is 12.0 Å². The SMILES string of the molecule is Cc1cccc(-n2cnc(C(N)=O)c2)c1. The van der Waals surface area contributed by atoms with Gasteiger partial charge in [-0.25, -0.2) is 4.98 Å². The lowest BCUT2D eigenvalue weighted by molar-refractivity contribution is 0.0996. The second kappa shape index (κ2) is 3.57. The molecule has 0 atom stereocenters. The zero-order chi connectivity index (χ0) is 10.8. The van der Waals surface area contributed by atoms with Gasteiger partial charge in [-0.1, -0.05) is 12.1 Å². The molecular formula is C11H11N3O. The average Bonchev–Trinajstić information content (AvgIpc) is 2.66. The van der Waals surface area contributed by atoms with Crippen molar-refractivity contribution in [1.29, 1.82) is 0 Å². The normalized spacial score (nSPS) is 10.2. The first-order valence-corrected chi connectivity index (χ1v) is 4.57. The topological polar surface area (TPSA) is 60.9 Å². The van der Waals surface area contributed by atoms with Crippen molar-refractivity contribution < 1.29 is 4.79 Å². The van der Waals surface area contributed by atoms with E-state index in [1.165, 1.54) is 0 Å². The second-order valence-corrected chi connectivity index (χ2v) is 3.37. The number of benzene rings is 1. The minimum atomic E-state index is -0.513. The Hall–Kier alpha value is -2.10. The number of amides is 1. The first kappa shape index (κ1) is 9.45. The van der Waals surface area contributed by atoms with Crippen molar-refractivity contribution in [3.8, 4) is 5.69 Å². The van der Waals surface area contributed by atoms with E-state index in [4.69, 9.17) is 5.73 Å². The Morgan fingerprint density at radius 3 is 2.87 bits per heavy atom. The van der Waals surface area contributed by atoms with Crippen LogP contribution in [0.1, 0.15) is 16.1 Å². The summed E-state index contributed by atoms with van der Waals surface area (Å²) < 4.78 is 1.77. The third kappa shape index (κ3) is 1.88. The van der Waals surface area contributed by atoms with Crippen LogP contribution >= 0.6 is 0 Å². The van der Waals surface area contributed by atoms with Crippen molar-refractivity contribution in [2.45, 2.75) is 6.92 Å². The van der Waals surface area contributed by atoms with E-state index >= 15 is 0 Å². The van der Waals surface area contributed by atoms with Crippen LogP contribution < -0.4 is 5.73 Å². The fourth-order valence-corrected chi connectivity index (χ4v) is 1.38. The number of hydrogen-bond acceptors (Lipinski definition) is 2. The summed E-state index contributed by atoms with van der Waals surface area (Å²) in [5, 5.41) is 0. The summed E-state index contributed by atoms with van der Waals surface area (Å²) >= 11 is 0. The summed E-state index contributed by atoms with van der Waals surface area (Å²) in [7, 11) is 0. The van der Waals surface area contributed by atoms with E-state index in [1.807, 2.05) is 31.2 Å². The highest BCUT2D eigenvalue weighted by Gasteiger charge is 2.05. The summed E-state index contributed by atoms with van der Waals surface area (Å²) in [5.41, 5.74) is 7.52. The molecule has 1 aromatic carbocycles. The number of imidazole rings is 1. The zero-order valence-electron chi connectivity index (χ0n) is 8.34. The van der Waals surface area contributed by atoms with Crippen LogP contribution in [-0.2, 0) is 0 Å². The molecule has 0 unspecified atom stereocenters. The van der Waals surface area contributed by atoms with E-state index < -0.39 is 5.91 Å². The molecule has 4 nitrogen and oxygen atoms in total. The highest BCUT2D eigenvalue weighted by Crippen LogP contribution is 2.10. The van der Waals surface area contributed by atoms with Gasteiger partial charge < -0.3 is 10.3 Å². The molecular weight excluding hydrogens is 190 g/mol. The summed E-state index contributed by atoms with van der Waals surface area (Å²) in [5.74, 6) is -0.513. The van der Waals surface area contributed by atoms with E-state index in [-0.39, 0.29) is 5.69 Å². The van der Waals surface area contributed by atoms with Crippen molar-refractivity contribution in [3.05, 3.63) is 48.0 Å². The van der Waals surface area contributed by atoms with Crippen LogP contribution in [-0.4, -0.2) is 15.5 Å². The first-order chi connectivity index (χ1) is 7.16. The summed E-state index contributed by atoms with van der Waals surface area (Å²) in [6, 6.07) is 7.91. The number of nitrogens with two attached hydrogens (primary N) is 1. The fourth-order valence-electron chi connectivity index (χ4n) is 1.38. The Morgan fingerprint density at radius 1 is 1.47 bits per heavy atom. The molecule has 2 N–H and O–H groups in total. The minimum Gasteiger partial charge on any atom is -0.364 e. The van der Waals surface area contributed by atoms with Crippen molar-refractivity contribution in [1.82, 2.24) is 9.55 Å². The van der Waals surface area contributed by atoms with Crippen LogP contribution in [0.25, 0.3) is 5.69 Å². The van der Waals surface area contributed by atoms with Crippen LogP contribution in [0, 0.1) is 6.92 Å². The van der Waals surface area contributed by atoms with Crippen molar-refractivity contribution >= 4 is 5.91 Å². The number of aryl methyl sites for hydroxylation is 1. The zero-order valence-corrected chi connectivity index (χ0v) is 8.34. The van der Waals surface area contributed by atoms with Crippen LogP contribution in [0.3, 0.4) is 0 Å². The molecule has 4 heteroatoms. The lowest BCUT2D eigenvalue weighted by Gasteiger charge is -2.01. The molecule has 0 radical (unpaired) electrons. The Bertz CT molecular complexity index is 502. The number of nitrogens with zero attached hydrogens (tertiary/aromatic N) is 2. The summed E-state index contributed by atoms with van der Waals surface area (Å²) in [6.07, 6.45) is 3.20. The predicted molar refractivity (Wildman–Crippen MR) is 56.8 cm³/mol. The summed E-state index contributed by atoms with van der Waals surface area (Å²) in [6.45, 7) is 2.01. The average molecular weight is 201 g/mol. The van der Waals surface area contributed by atoms with Gasteiger partial charge in [0.05, 0.1) is 0 Å². The quantitative estimate of drug-likeness (QED) is 0.795. The third-order valence-electron chi connectivity index (χ3n) is 2.13. The lowest BCUT2D eigenvalue weighted by atomic mass is 10.2. The molecule has 76 valence electrons. The van der Waals surface area contributed by atoms with Crippen LogP contribution in [0.15, 0.2) is 36.8 Å². The standard InChI is InChI=1S/C11H11N3O/c1-8-3-2-4-9(5-8)14-6-10(11(12)15)13-7-14/h2-7H,1H3,(H2,12,15). The van der Waals surface area contributed by atoms with Crippen LogP contribution in [0.5, 0.6) is 0 Å². The highest BCUT2D eigenvalue weighted by atomic mass is 16.1. The minimum absolute atomic E-state index is 0.275. The van der Waals surface area contributed by atoms with Gasteiger partial charge in [-0.2, -0.15) is 0 Å². The van der Waals surface area contributed by atoms with Crippen molar-refractivity contribution in [2.75, 3.05) is 0 Å². The first-order valence-electron chi connectivity index (χ1n) is 4.57. The summed E-state index contributed by atoms with van der Waals surface area (Å²) in [4.78, 5) is 14.8. The fraction of sp³-hybridized carbons (Fsp3) is 0.0909. The van der Waals surface area contributed by atoms with Gasteiger partial charge >= 0.3 is 0 Å². The molecule has 0 aliphatic rings. The molecule has 0 bridgehead atoms. The molecule has 0 saturated heterocycles. The largest absolute Gasteiger partial charge is 0.364 e. The number of carbonyl (C=O) groups is 1. The predicted octanol–water partition coefficient (Wildman–Crippen LogP) is 1.28. The van der Waals surface area contributed by atoms with E-state index in [2.05, 4.69) is 4.98 Å². The molecule has 1 aromatic heterocycles. The van der Waals surface area contributed by atoms with Gasteiger partial charge in [0.15, 0.2) is 0 Å². The van der Waals surface area contributed by atoms with Gasteiger partial charge in [0.25, 0.3) is 5.91 Å². The van der Waals surface area contributed by atoms with Gasteiger partial charge in [-0.05, 0) is 24.6 Å². The maximum atomic E-state index is 10.9. The maximum Gasteiger partial charge on any atom is 0.268 e. The van der Waals surface area contributed by atoms with Crippen molar-refractivity contribution in [3.63, 3.8) is 0 Å². The second-order valence-electron chi connectivity index (χ2n) is 3.37. The van der Waals surface area contributed by atoms with E-state index in [0.29, 0.717) is 0 Å². The van der Waals surface area contributed by atoms with E-state index in [1.54, 1.807) is 17.1 Å². The Kier molecular flexibility index (Phi) is 2.25. The molecule has 1 amide bonds. The van der Waals surface area contributed by atoms with Crippen molar-refractivity contribution in [2.24, 2.45) is 5.73 Å². The molecule has 2 rings (SSSR count). The monoisotopic (exact) mass is 201 g/mol. The Morgan fingerprint density at radius 2 is 2.27 bits per heavy atom. The van der Waals surface area contributed by atoms with Gasteiger partial charge in [-0.3, -0.25) is 4.79 Å². The smallest absolute Gasteiger partial charge is 0.268 e. The Balaban J connectivity index is 2.41. The molecule has 15 heavy (non-hydrogen) atoms.